The molecule has 0 aliphatic heterocycles. The van der Waals surface area contributed by atoms with E-state index in [1.165, 1.54) is 16.7 Å². The van der Waals surface area contributed by atoms with Crippen molar-refractivity contribution in [2.24, 2.45) is 0 Å². The van der Waals surface area contributed by atoms with Gasteiger partial charge < -0.3 is 10.3 Å². The van der Waals surface area contributed by atoms with Gasteiger partial charge in [-0.25, -0.2) is 0 Å². The molecule has 0 radical (unpaired) electrons. The van der Waals surface area contributed by atoms with E-state index in [-0.39, 0.29) is 0 Å². The van der Waals surface area contributed by atoms with Crippen LogP contribution in [0.25, 0.3) is 0 Å². The number of H-pyrrole nitrogens is 1. The summed E-state index contributed by atoms with van der Waals surface area (Å²) in [6.45, 7) is 3.95. The highest BCUT2D eigenvalue weighted by molar-refractivity contribution is 9.10. The number of aromatic nitrogens is 1. The fourth-order valence-corrected chi connectivity index (χ4v) is 2.14. The zero-order valence-corrected chi connectivity index (χ0v) is 10.8. The number of aromatic amines is 1. The molecule has 0 saturated carbocycles. The summed E-state index contributed by atoms with van der Waals surface area (Å²) in [5.74, 6) is 0. The number of halogens is 1. The van der Waals surface area contributed by atoms with Gasteiger partial charge in [0.05, 0.1) is 0 Å². The molecule has 0 fully saturated rings. The minimum absolute atomic E-state index is 0.902. The molecule has 16 heavy (non-hydrogen) atoms. The summed E-state index contributed by atoms with van der Waals surface area (Å²) >= 11 is 3.47. The molecule has 0 atom stereocenters. The molecule has 84 valence electrons. The van der Waals surface area contributed by atoms with Crippen molar-refractivity contribution in [2.45, 2.75) is 20.0 Å². The molecule has 0 aliphatic carbocycles. The predicted octanol–water partition coefficient (Wildman–Crippen LogP) is 3.38. The Bertz CT molecular complexity index is 449. The lowest BCUT2D eigenvalue weighted by Gasteiger charge is -2.07. The van der Waals surface area contributed by atoms with Gasteiger partial charge in [-0.15, -0.1) is 0 Å². The molecular weight excluding hydrogens is 264 g/mol. The average molecular weight is 279 g/mol. The van der Waals surface area contributed by atoms with Crippen molar-refractivity contribution in [3.63, 3.8) is 0 Å². The van der Waals surface area contributed by atoms with Crippen molar-refractivity contribution in [3.05, 3.63) is 57.8 Å². The van der Waals surface area contributed by atoms with Crippen LogP contribution in [0.2, 0.25) is 0 Å². The van der Waals surface area contributed by atoms with Crippen molar-refractivity contribution < 1.29 is 0 Å². The Morgan fingerprint density at radius 3 is 2.81 bits per heavy atom. The normalized spacial score (nSPS) is 10.6. The SMILES string of the molecule is Cc1cc(Br)ccc1CNCc1cc[nH]c1. The highest BCUT2D eigenvalue weighted by Gasteiger charge is 1.99. The number of hydrogen-bond acceptors (Lipinski definition) is 1. The molecule has 1 aromatic heterocycles. The standard InChI is InChI=1S/C13H15BrN2/c1-10-6-13(14)3-2-12(10)9-16-8-11-4-5-15-7-11/h2-7,15-16H,8-9H2,1H3. The second-order valence-electron chi connectivity index (χ2n) is 3.89. The summed E-state index contributed by atoms with van der Waals surface area (Å²) in [5, 5.41) is 3.43. The molecule has 0 aliphatic rings. The third-order valence-electron chi connectivity index (χ3n) is 2.61. The van der Waals surface area contributed by atoms with E-state index in [2.05, 4.69) is 57.4 Å². The fraction of sp³-hybridized carbons (Fsp3) is 0.231. The Morgan fingerprint density at radius 2 is 2.12 bits per heavy atom. The number of benzene rings is 1. The van der Waals surface area contributed by atoms with Crippen molar-refractivity contribution >= 4 is 15.9 Å². The molecule has 0 saturated heterocycles. The van der Waals surface area contributed by atoms with Crippen LogP contribution in [0.5, 0.6) is 0 Å². The Hall–Kier alpha value is -1.06. The van der Waals surface area contributed by atoms with E-state index >= 15 is 0 Å². The molecule has 2 aromatic rings. The Morgan fingerprint density at radius 1 is 1.25 bits per heavy atom. The maximum absolute atomic E-state index is 3.47. The second-order valence-corrected chi connectivity index (χ2v) is 4.81. The van der Waals surface area contributed by atoms with Gasteiger partial charge in [0.2, 0.25) is 0 Å². The van der Waals surface area contributed by atoms with E-state index in [1.54, 1.807) is 0 Å². The van der Waals surface area contributed by atoms with Crippen molar-refractivity contribution in [3.8, 4) is 0 Å². The number of nitrogens with one attached hydrogen (secondary N) is 2. The summed E-state index contributed by atoms with van der Waals surface area (Å²) in [7, 11) is 0. The van der Waals surface area contributed by atoms with Crippen molar-refractivity contribution in [1.29, 1.82) is 0 Å². The first-order chi connectivity index (χ1) is 7.75. The zero-order valence-electron chi connectivity index (χ0n) is 9.26. The monoisotopic (exact) mass is 278 g/mol. The molecule has 0 amide bonds. The molecule has 1 aromatic carbocycles. The van der Waals surface area contributed by atoms with Gasteiger partial charge >= 0.3 is 0 Å². The molecule has 2 nitrogen and oxygen atoms in total. The quantitative estimate of drug-likeness (QED) is 0.882. The predicted molar refractivity (Wildman–Crippen MR) is 70.2 cm³/mol. The molecule has 0 bridgehead atoms. The van der Waals surface area contributed by atoms with Crippen LogP contribution < -0.4 is 5.32 Å². The van der Waals surface area contributed by atoms with Crippen molar-refractivity contribution in [1.82, 2.24) is 10.3 Å². The third-order valence-corrected chi connectivity index (χ3v) is 3.10. The first kappa shape index (κ1) is 11.4. The van der Waals surface area contributed by atoms with Crippen molar-refractivity contribution in [2.75, 3.05) is 0 Å². The van der Waals surface area contributed by atoms with Crippen LogP contribution in [0.3, 0.4) is 0 Å². The Balaban J connectivity index is 1.90. The lowest BCUT2D eigenvalue weighted by atomic mass is 10.1. The number of aryl methyl sites for hydroxylation is 1. The third kappa shape index (κ3) is 2.97. The van der Waals surface area contributed by atoms with E-state index in [1.807, 2.05) is 12.4 Å². The van der Waals surface area contributed by atoms with Crippen LogP contribution in [-0.2, 0) is 13.1 Å². The van der Waals surface area contributed by atoms with Gasteiger partial charge in [0.25, 0.3) is 0 Å². The van der Waals surface area contributed by atoms with E-state index in [9.17, 15) is 0 Å². The Kier molecular flexibility index (Phi) is 3.80. The van der Waals surface area contributed by atoms with Gasteiger partial charge in [-0.1, -0.05) is 22.0 Å². The lowest BCUT2D eigenvalue weighted by molar-refractivity contribution is 0.691. The maximum atomic E-state index is 3.47. The van der Waals surface area contributed by atoms with E-state index in [0.29, 0.717) is 0 Å². The molecule has 3 heteroatoms. The summed E-state index contributed by atoms with van der Waals surface area (Å²) in [6.07, 6.45) is 3.96. The molecule has 1 heterocycles. The van der Waals surface area contributed by atoms with E-state index in [0.717, 1.165) is 17.6 Å². The topological polar surface area (TPSA) is 27.8 Å². The maximum Gasteiger partial charge on any atom is 0.0223 e. The molecule has 0 unspecified atom stereocenters. The van der Waals surface area contributed by atoms with Gasteiger partial charge in [-0.05, 0) is 41.8 Å². The van der Waals surface area contributed by atoms with Crippen LogP contribution in [0.15, 0.2) is 41.1 Å². The van der Waals surface area contributed by atoms with Crippen LogP contribution in [0.1, 0.15) is 16.7 Å². The Labute approximate surface area is 104 Å². The molecule has 2 N–H and O–H groups in total. The second kappa shape index (κ2) is 5.32. The van der Waals surface area contributed by atoms with Crippen LogP contribution in [0.4, 0.5) is 0 Å². The smallest absolute Gasteiger partial charge is 0.0223 e. The van der Waals surface area contributed by atoms with Crippen LogP contribution in [-0.4, -0.2) is 4.98 Å². The summed E-state index contributed by atoms with van der Waals surface area (Å²) < 4.78 is 1.14. The van der Waals surface area contributed by atoms with Gasteiger partial charge in [0.1, 0.15) is 0 Å². The summed E-state index contributed by atoms with van der Waals surface area (Å²) in [4.78, 5) is 3.05. The lowest BCUT2D eigenvalue weighted by Crippen LogP contribution is -2.12. The van der Waals surface area contributed by atoms with Gasteiger partial charge in [0.15, 0.2) is 0 Å². The van der Waals surface area contributed by atoms with Crippen LogP contribution >= 0.6 is 15.9 Å². The van der Waals surface area contributed by atoms with Gasteiger partial charge in [0, 0.05) is 30.0 Å². The van der Waals surface area contributed by atoms with E-state index in [4.69, 9.17) is 0 Å². The highest BCUT2D eigenvalue weighted by Crippen LogP contribution is 2.15. The largest absolute Gasteiger partial charge is 0.367 e. The first-order valence-corrected chi connectivity index (χ1v) is 6.12. The molecular formula is C13H15BrN2. The van der Waals surface area contributed by atoms with Gasteiger partial charge in [-0.2, -0.15) is 0 Å². The summed E-state index contributed by atoms with van der Waals surface area (Å²) in [6, 6.07) is 8.47. The number of hydrogen-bond donors (Lipinski definition) is 2. The zero-order chi connectivity index (χ0) is 11.4. The van der Waals surface area contributed by atoms with E-state index < -0.39 is 0 Å². The first-order valence-electron chi connectivity index (χ1n) is 5.33. The molecule has 0 spiro atoms. The number of rotatable bonds is 4. The minimum Gasteiger partial charge on any atom is -0.367 e. The fourth-order valence-electron chi connectivity index (χ4n) is 1.67. The molecule has 2 rings (SSSR count). The highest BCUT2D eigenvalue weighted by atomic mass is 79.9. The average Bonchev–Trinajstić information content (AvgIpc) is 2.74. The summed E-state index contributed by atoms with van der Waals surface area (Å²) in [5.41, 5.74) is 3.95. The van der Waals surface area contributed by atoms with Crippen LogP contribution in [0, 0.1) is 6.92 Å². The minimum atomic E-state index is 0.902. The van der Waals surface area contributed by atoms with Gasteiger partial charge in [-0.3, -0.25) is 0 Å².